The molecule has 25 heavy (non-hydrogen) atoms. The van der Waals surface area contributed by atoms with Gasteiger partial charge in [-0.3, -0.25) is 4.79 Å². The highest BCUT2D eigenvalue weighted by molar-refractivity contribution is 5.88. The summed E-state index contributed by atoms with van der Waals surface area (Å²) in [5.74, 6) is 0.441. The Balaban J connectivity index is 1.62. The summed E-state index contributed by atoms with van der Waals surface area (Å²) in [5, 5.41) is 13.8. The van der Waals surface area contributed by atoms with Gasteiger partial charge < -0.3 is 20.3 Å². The van der Waals surface area contributed by atoms with Gasteiger partial charge in [0.15, 0.2) is 0 Å². The van der Waals surface area contributed by atoms with Crippen LogP contribution in [0.5, 0.6) is 0 Å². The first-order valence-electron chi connectivity index (χ1n) is 9.32. The van der Waals surface area contributed by atoms with Gasteiger partial charge in [-0.2, -0.15) is 0 Å². The predicted octanol–water partition coefficient (Wildman–Crippen LogP) is 2.02. The fourth-order valence-corrected chi connectivity index (χ4v) is 4.73. The molecule has 4 rings (SSSR count). The zero-order chi connectivity index (χ0) is 17.6. The molecule has 2 heterocycles. The summed E-state index contributed by atoms with van der Waals surface area (Å²) < 4.78 is 0. The quantitative estimate of drug-likeness (QED) is 0.797. The highest BCUT2D eigenvalue weighted by Crippen LogP contribution is 2.44. The molecule has 0 bridgehead atoms. The van der Waals surface area contributed by atoms with E-state index in [4.69, 9.17) is 0 Å². The Labute approximate surface area is 148 Å². The molecule has 3 N–H and O–H groups in total. The third-order valence-electron chi connectivity index (χ3n) is 6.16. The Kier molecular flexibility index (Phi) is 4.29. The van der Waals surface area contributed by atoms with Crippen LogP contribution in [-0.2, 0) is 11.2 Å². The molecular weight excluding hydrogens is 314 g/mol. The van der Waals surface area contributed by atoms with Crippen LogP contribution in [-0.4, -0.2) is 53.2 Å². The molecule has 2 aliphatic rings. The number of benzene rings is 1. The number of nitrogens with zero attached hydrogens (tertiary/aromatic N) is 1. The molecule has 5 heteroatoms. The maximum absolute atomic E-state index is 12.7. The molecule has 5 nitrogen and oxygen atoms in total. The zero-order valence-electron chi connectivity index (χ0n) is 15.0. The van der Waals surface area contributed by atoms with E-state index in [-0.39, 0.29) is 24.5 Å². The summed E-state index contributed by atoms with van der Waals surface area (Å²) in [6.07, 6.45) is 4.82. The molecule has 1 aliphatic carbocycles. The molecule has 1 fully saturated rings. The maximum atomic E-state index is 12.7. The Hall–Kier alpha value is -1.85. The summed E-state index contributed by atoms with van der Waals surface area (Å²) in [5.41, 5.74) is 3.97. The van der Waals surface area contributed by atoms with Crippen LogP contribution in [0.15, 0.2) is 24.4 Å². The third-order valence-corrected chi connectivity index (χ3v) is 6.16. The number of nitrogens with one attached hydrogen (secondary N) is 2. The van der Waals surface area contributed by atoms with E-state index in [1.807, 2.05) is 6.92 Å². The number of H-pyrrole nitrogens is 1. The van der Waals surface area contributed by atoms with Gasteiger partial charge in [0.2, 0.25) is 5.91 Å². The largest absolute Gasteiger partial charge is 0.394 e. The van der Waals surface area contributed by atoms with Crippen molar-refractivity contribution in [3.8, 4) is 0 Å². The topological polar surface area (TPSA) is 68.4 Å². The summed E-state index contributed by atoms with van der Waals surface area (Å²) in [6, 6.07) is 6.79. The van der Waals surface area contributed by atoms with Crippen LogP contribution in [0.4, 0.5) is 0 Å². The van der Waals surface area contributed by atoms with Gasteiger partial charge in [0.25, 0.3) is 0 Å². The number of carbonyl (C=O) groups is 1. The average molecular weight is 341 g/mol. The molecule has 1 aromatic carbocycles. The van der Waals surface area contributed by atoms with E-state index in [0.29, 0.717) is 12.0 Å². The number of hydrogen-bond acceptors (Lipinski definition) is 3. The molecule has 1 aliphatic heterocycles. The number of rotatable bonds is 4. The first-order valence-corrected chi connectivity index (χ1v) is 9.32. The van der Waals surface area contributed by atoms with Crippen molar-refractivity contribution < 1.29 is 9.90 Å². The molecule has 0 saturated carbocycles. The first kappa shape index (κ1) is 16.6. The normalized spacial score (nSPS) is 27.1. The van der Waals surface area contributed by atoms with E-state index >= 15 is 0 Å². The lowest BCUT2D eigenvalue weighted by Crippen LogP contribution is -2.52. The van der Waals surface area contributed by atoms with Crippen LogP contribution >= 0.6 is 0 Å². The Morgan fingerprint density at radius 1 is 1.48 bits per heavy atom. The van der Waals surface area contributed by atoms with Crippen LogP contribution in [0.25, 0.3) is 10.9 Å². The lowest BCUT2D eigenvalue weighted by Gasteiger charge is -2.45. The number of likely N-dealkylation sites (N-methyl/N-ethyl adjacent to an activating group) is 1. The van der Waals surface area contributed by atoms with E-state index in [0.717, 1.165) is 25.8 Å². The van der Waals surface area contributed by atoms with E-state index in [2.05, 4.69) is 46.6 Å². The number of aromatic amines is 1. The van der Waals surface area contributed by atoms with E-state index in [1.165, 1.54) is 22.0 Å². The van der Waals surface area contributed by atoms with Gasteiger partial charge >= 0.3 is 0 Å². The highest BCUT2D eigenvalue weighted by Gasteiger charge is 2.41. The van der Waals surface area contributed by atoms with Gasteiger partial charge in [0.1, 0.15) is 0 Å². The monoisotopic (exact) mass is 341 g/mol. The van der Waals surface area contributed by atoms with Gasteiger partial charge in [-0.05, 0) is 43.5 Å². The molecule has 0 spiro atoms. The van der Waals surface area contributed by atoms with Crippen molar-refractivity contribution in [2.75, 3.05) is 20.2 Å². The van der Waals surface area contributed by atoms with Crippen molar-refractivity contribution in [2.45, 2.75) is 44.2 Å². The lowest BCUT2D eigenvalue weighted by molar-refractivity contribution is -0.128. The standard InChI is InChI=1S/C20H27N3O2/c1-3-14(11-24)22-20(25)13-7-16-15-5-4-6-17-19(15)12(9-21-17)8-18(16)23(2)10-13/h4-6,9,13-14,16,18,21,24H,3,7-8,10-11H2,1-2H3,(H,22,25). The minimum atomic E-state index is -0.137. The average Bonchev–Trinajstić information content (AvgIpc) is 3.04. The van der Waals surface area contributed by atoms with Crippen LogP contribution < -0.4 is 5.32 Å². The molecule has 4 atom stereocenters. The van der Waals surface area contributed by atoms with E-state index in [9.17, 15) is 9.90 Å². The first-order chi connectivity index (χ1) is 12.1. The second-order valence-corrected chi connectivity index (χ2v) is 7.63. The van der Waals surface area contributed by atoms with Crippen LogP contribution in [0, 0.1) is 5.92 Å². The van der Waals surface area contributed by atoms with E-state index < -0.39 is 0 Å². The highest BCUT2D eigenvalue weighted by atomic mass is 16.3. The lowest BCUT2D eigenvalue weighted by atomic mass is 9.72. The van der Waals surface area contributed by atoms with Gasteiger partial charge in [-0.15, -0.1) is 0 Å². The van der Waals surface area contributed by atoms with Crippen molar-refractivity contribution in [2.24, 2.45) is 5.92 Å². The summed E-state index contributed by atoms with van der Waals surface area (Å²) in [4.78, 5) is 18.5. The van der Waals surface area contributed by atoms with Crippen molar-refractivity contribution in [3.05, 3.63) is 35.5 Å². The zero-order valence-corrected chi connectivity index (χ0v) is 15.0. The fourth-order valence-electron chi connectivity index (χ4n) is 4.73. The van der Waals surface area contributed by atoms with Crippen molar-refractivity contribution in [1.82, 2.24) is 15.2 Å². The fraction of sp³-hybridized carbons (Fsp3) is 0.550. The van der Waals surface area contributed by atoms with Gasteiger partial charge in [-0.25, -0.2) is 0 Å². The number of piperidine rings is 1. The molecule has 4 unspecified atom stereocenters. The van der Waals surface area contributed by atoms with Crippen molar-refractivity contribution in [1.29, 1.82) is 0 Å². The van der Waals surface area contributed by atoms with Crippen molar-refractivity contribution >= 4 is 16.8 Å². The minimum absolute atomic E-state index is 0.00285. The molecule has 1 aromatic heterocycles. The van der Waals surface area contributed by atoms with Crippen LogP contribution in [0.1, 0.15) is 36.8 Å². The number of amides is 1. The number of fused-ring (bicyclic) bond motifs is 2. The number of aliphatic hydroxyl groups excluding tert-OH is 1. The van der Waals surface area contributed by atoms with Crippen molar-refractivity contribution in [3.63, 3.8) is 0 Å². The second-order valence-electron chi connectivity index (χ2n) is 7.63. The summed E-state index contributed by atoms with van der Waals surface area (Å²) >= 11 is 0. The van der Waals surface area contributed by atoms with Gasteiger partial charge in [-0.1, -0.05) is 19.1 Å². The predicted molar refractivity (Wildman–Crippen MR) is 98.6 cm³/mol. The SMILES string of the molecule is CCC(CO)NC(=O)C1CC2c3cccc4[nH]cc(c34)CC2N(C)C1. The van der Waals surface area contributed by atoms with E-state index in [1.54, 1.807) is 0 Å². The smallest absolute Gasteiger partial charge is 0.224 e. The minimum Gasteiger partial charge on any atom is -0.394 e. The number of carbonyl (C=O) groups excluding carboxylic acids is 1. The van der Waals surface area contributed by atoms with Gasteiger partial charge in [0.05, 0.1) is 18.6 Å². The summed E-state index contributed by atoms with van der Waals surface area (Å²) in [7, 11) is 2.14. The number of likely N-dealkylation sites (tertiary alicyclic amines) is 1. The van der Waals surface area contributed by atoms with Gasteiger partial charge in [0, 0.05) is 35.6 Å². The molecule has 1 saturated heterocycles. The Morgan fingerprint density at radius 3 is 3.08 bits per heavy atom. The molecular formula is C20H27N3O2. The third kappa shape index (κ3) is 2.75. The van der Waals surface area contributed by atoms with Crippen LogP contribution in [0.2, 0.25) is 0 Å². The maximum Gasteiger partial charge on any atom is 0.224 e. The second kappa shape index (κ2) is 6.46. The molecule has 134 valence electrons. The van der Waals surface area contributed by atoms with Crippen LogP contribution in [0.3, 0.4) is 0 Å². The Morgan fingerprint density at radius 2 is 2.32 bits per heavy atom. The Bertz CT molecular complexity index is 780. The molecule has 0 radical (unpaired) electrons. The molecule has 2 aromatic rings. The number of aromatic nitrogens is 1. The number of aliphatic hydroxyl groups is 1. The summed E-state index contributed by atoms with van der Waals surface area (Å²) in [6.45, 7) is 2.77. The molecule has 1 amide bonds. The number of hydrogen-bond donors (Lipinski definition) is 3.